The second-order valence-electron chi connectivity index (χ2n) is 5.28. The van der Waals surface area contributed by atoms with Crippen LogP contribution in [0.4, 0.5) is 0 Å². The summed E-state index contributed by atoms with van der Waals surface area (Å²) in [7, 11) is 2.12. The molecule has 84 valence electrons. The Morgan fingerprint density at radius 3 is 2.94 bits per heavy atom. The Kier molecular flexibility index (Phi) is 2.27. The maximum Gasteiger partial charge on any atom is 0.0432 e. The third-order valence-electron chi connectivity index (χ3n) is 3.89. The molecule has 2 aliphatic rings. The number of aryl methyl sites for hydroxylation is 1. The van der Waals surface area contributed by atoms with Crippen molar-refractivity contribution in [3.05, 3.63) is 41.5 Å². The lowest BCUT2D eigenvalue weighted by molar-refractivity contribution is 0.501. The normalized spacial score (nSPS) is 19.1. The van der Waals surface area contributed by atoms with Crippen molar-refractivity contribution in [2.24, 2.45) is 5.92 Å². The summed E-state index contributed by atoms with van der Waals surface area (Å²) >= 11 is 0. The van der Waals surface area contributed by atoms with Crippen molar-refractivity contribution in [1.82, 2.24) is 4.90 Å². The van der Waals surface area contributed by atoms with E-state index < -0.39 is 0 Å². The molecule has 0 saturated heterocycles. The van der Waals surface area contributed by atoms with E-state index >= 15 is 0 Å². The average molecular weight is 213 g/mol. The maximum atomic E-state index is 4.15. The zero-order chi connectivity index (χ0) is 11.1. The van der Waals surface area contributed by atoms with Crippen LogP contribution in [0.2, 0.25) is 0 Å². The number of hydrogen-bond acceptors (Lipinski definition) is 1. The summed E-state index contributed by atoms with van der Waals surface area (Å²) in [5, 5.41) is 0. The van der Waals surface area contributed by atoms with Crippen molar-refractivity contribution in [2.45, 2.75) is 32.2 Å². The van der Waals surface area contributed by atoms with Crippen LogP contribution in [0, 0.1) is 5.92 Å². The Labute approximate surface area is 97.8 Å². The van der Waals surface area contributed by atoms with Crippen LogP contribution in [0.25, 0.3) is 5.70 Å². The van der Waals surface area contributed by atoms with E-state index in [2.05, 4.69) is 36.7 Å². The summed E-state index contributed by atoms with van der Waals surface area (Å²) in [4.78, 5) is 2.23. The predicted octanol–water partition coefficient (Wildman–Crippen LogP) is 3.45. The third kappa shape index (κ3) is 1.75. The van der Waals surface area contributed by atoms with Crippen LogP contribution < -0.4 is 0 Å². The van der Waals surface area contributed by atoms with Gasteiger partial charge in [-0.1, -0.05) is 31.6 Å². The number of fused-ring (bicyclic) bond motifs is 1. The fourth-order valence-electron chi connectivity index (χ4n) is 2.52. The van der Waals surface area contributed by atoms with Crippen molar-refractivity contribution in [2.75, 3.05) is 7.05 Å². The minimum absolute atomic E-state index is 1.02. The van der Waals surface area contributed by atoms with E-state index in [-0.39, 0.29) is 0 Å². The Morgan fingerprint density at radius 2 is 2.19 bits per heavy atom. The highest BCUT2D eigenvalue weighted by atomic mass is 15.1. The van der Waals surface area contributed by atoms with E-state index in [9.17, 15) is 0 Å². The first-order chi connectivity index (χ1) is 7.74. The van der Waals surface area contributed by atoms with Gasteiger partial charge in [-0.3, -0.25) is 0 Å². The van der Waals surface area contributed by atoms with Gasteiger partial charge in [-0.2, -0.15) is 0 Å². The highest BCUT2D eigenvalue weighted by Gasteiger charge is 2.22. The topological polar surface area (TPSA) is 3.24 Å². The van der Waals surface area contributed by atoms with Gasteiger partial charge in [0.1, 0.15) is 0 Å². The van der Waals surface area contributed by atoms with Crippen molar-refractivity contribution >= 4 is 5.70 Å². The van der Waals surface area contributed by atoms with Gasteiger partial charge in [0.2, 0.25) is 0 Å². The van der Waals surface area contributed by atoms with Crippen LogP contribution >= 0.6 is 0 Å². The van der Waals surface area contributed by atoms with E-state index in [0.29, 0.717) is 0 Å². The van der Waals surface area contributed by atoms with Crippen molar-refractivity contribution in [1.29, 1.82) is 0 Å². The maximum absolute atomic E-state index is 4.15. The Bertz CT molecular complexity index is 429. The first-order valence-electron chi connectivity index (χ1n) is 6.26. The molecule has 1 fully saturated rings. The first kappa shape index (κ1) is 9.95. The molecule has 0 aromatic heterocycles. The average Bonchev–Trinajstić information content (AvgIpc) is 3.06. The lowest BCUT2D eigenvalue weighted by Gasteiger charge is -2.10. The second-order valence-corrected chi connectivity index (χ2v) is 5.28. The molecule has 1 heteroatoms. The SMILES string of the molecule is C=C1c2cc(CCC3CC3)ccc2CN1C. The number of nitrogens with zero attached hydrogens (tertiary/aromatic N) is 1. The third-order valence-corrected chi connectivity index (χ3v) is 3.89. The molecule has 1 saturated carbocycles. The summed E-state index contributed by atoms with van der Waals surface area (Å²) in [6.07, 6.45) is 5.54. The molecule has 0 N–H and O–H groups in total. The molecule has 1 heterocycles. The van der Waals surface area contributed by atoms with Crippen molar-refractivity contribution < 1.29 is 0 Å². The molecular weight excluding hydrogens is 194 g/mol. The molecule has 1 nitrogen and oxygen atoms in total. The van der Waals surface area contributed by atoms with Gasteiger partial charge in [-0.05, 0) is 36.0 Å². The standard InChI is InChI=1S/C15H19N/c1-11-15-9-13(6-5-12-3-4-12)7-8-14(15)10-16(11)2/h7-9,12H,1,3-6,10H2,2H3. The van der Waals surface area contributed by atoms with Crippen LogP contribution in [0.1, 0.15) is 36.0 Å². The molecule has 1 aliphatic carbocycles. The highest BCUT2D eigenvalue weighted by Crippen LogP contribution is 2.35. The molecule has 1 aromatic rings. The second kappa shape index (κ2) is 3.65. The van der Waals surface area contributed by atoms with E-state index in [4.69, 9.17) is 0 Å². The first-order valence-corrected chi connectivity index (χ1v) is 6.26. The largest absolute Gasteiger partial charge is 0.370 e. The van der Waals surface area contributed by atoms with E-state index in [0.717, 1.165) is 12.5 Å². The zero-order valence-electron chi connectivity index (χ0n) is 10.00. The summed E-state index contributed by atoms with van der Waals surface area (Å²) in [6, 6.07) is 6.93. The van der Waals surface area contributed by atoms with E-state index in [1.807, 2.05) is 0 Å². The van der Waals surface area contributed by atoms with Crippen LogP contribution in [-0.2, 0) is 13.0 Å². The lowest BCUT2D eigenvalue weighted by Crippen LogP contribution is -2.05. The minimum Gasteiger partial charge on any atom is -0.370 e. The number of hydrogen-bond donors (Lipinski definition) is 0. The molecule has 0 radical (unpaired) electrons. The molecule has 1 aromatic carbocycles. The fraction of sp³-hybridized carbons (Fsp3) is 0.467. The van der Waals surface area contributed by atoms with Gasteiger partial charge in [0, 0.05) is 24.9 Å². The summed E-state index contributed by atoms with van der Waals surface area (Å²) in [6.45, 7) is 5.18. The number of benzene rings is 1. The monoisotopic (exact) mass is 213 g/mol. The Balaban J connectivity index is 1.79. The van der Waals surface area contributed by atoms with Crippen molar-refractivity contribution in [3.63, 3.8) is 0 Å². The van der Waals surface area contributed by atoms with Crippen LogP contribution in [0.5, 0.6) is 0 Å². The molecule has 1 aliphatic heterocycles. The van der Waals surface area contributed by atoms with Gasteiger partial charge in [-0.25, -0.2) is 0 Å². The van der Waals surface area contributed by atoms with Crippen molar-refractivity contribution in [3.8, 4) is 0 Å². The van der Waals surface area contributed by atoms with Gasteiger partial charge in [0.25, 0.3) is 0 Å². The zero-order valence-corrected chi connectivity index (χ0v) is 10.00. The number of rotatable bonds is 3. The lowest BCUT2D eigenvalue weighted by atomic mass is 10.0. The summed E-state index contributed by atoms with van der Waals surface area (Å²) in [5.74, 6) is 1.03. The highest BCUT2D eigenvalue weighted by molar-refractivity contribution is 5.69. The van der Waals surface area contributed by atoms with Gasteiger partial charge >= 0.3 is 0 Å². The predicted molar refractivity (Wildman–Crippen MR) is 68.0 cm³/mol. The molecule has 0 spiro atoms. The van der Waals surface area contributed by atoms with Crippen LogP contribution in [0.3, 0.4) is 0 Å². The fourth-order valence-corrected chi connectivity index (χ4v) is 2.52. The van der Waals surface area contributed by atoms with Gasteiger partial charge in [0.15, 0.2) is 0 Å². The summed E-state index contributed by atoms with van der Waals surface area (Å²) < 4.78 is 0. The molecular formula is C15H19N. The minimum atomic E-state index is 1.02. The summed E-state index contributed by atoms with van der Waals surface area (Å²) in [5.41, 5.74) is 5.48. The quantitative estimate of drug-likeness (QED) is 0.743. The Morgan fingerprint density at radius 1 is 1.38 bits per heavy atom. The molecule has 3 rings (SSSR count). The van der Waals surface area contributed by atoms with Crippen LogP contribution in [-0.4, -0.2) is 11.9 Å². The van der Waals surface area contributed by atoms with Gasteiger partial charge in [-0.15, -0.1) is 0 Å². The van der Waals surface area contributed by atoms with Gasteiger partial charge in [0.05, 0.1) is 0 Å². The smallest absolute Gasteiger partial charge is 0.0432 e. The van der Waals surface area contributed by atoms with E-state index in [1.165, 1.54) is 48.1 Å². The van der Waals surface area contributed by atoms with Crippen LogP contribution in [0.15, 0.2) is 24.8 Å². The molecule has 0 amide bonds. The Hall–Kier alpha value is -1.24. The van der Waals surface area contributed by atoms with E-state index in [1.54, 1.807) is 0 Å². The van der Waals surface area contributed by atoms with Gasteiger partial charge < -0.3 is 4.90 Å². The molecule has 0 bridgehead atoms. The molecule has 16 heavy (non-hydrogen) atoms. The molecule has 0 atom stereocenters. The molecule has 0 unspecified atom stereocenters.